The number of carbonyl (C=O) groups excluding carboxylic acids is 1. The fraction of sp³-hybridized carbons (Fsp3) is 0.409. The molecular formula is C22H27NO5S. The Morgan fingerprint density at radius 1 is 1.17 bits per heavy atom. The van der Waals surface area contributed by atoms with Crippen LogP contribution in [0.2, 0.25) is 0 Å². The number of carbonyl (C=O) groups is 1. The molecule has 0 aromatic heterocycles. The molecule has 2 unspecified atom stereocenters. The Bertz CT molecular complexity index is 912. The van der Waals surface area contributed by atoms with Gasteiger partial charge in [0.1, 0.15) is 18.5 Å². The molecule has 7 heteroatoms. The van der Waals surface area contributed by atoms with Gasteiger partial charge in [0.25, 0.3) is 0 Å². The highest BCUT2D eigenvalue weighted by Crippen LogP contribution is 2.21. The van der Waals surface area contributed by atoms with Crippen molar-refractivity contribution in [3.63, 3.8) is 0 Å². The Labute approximate surface area is 172 Å². The van der Waals surface area contributed by atoms with Gasteiger partial charge in [-0.05, 0) is 43.2 Å². The first-order valence-electron chi connectivity index (χ1n) is 9.73. The molecule has 156 valence electrons. The predicted molar refractivity (Wildman–Crippen MR) is 112 cm³/mol. The third-order valence-corrected chi connectivity index (χ3v) is 6.85. The molecule has 1 aliphatic heterocycles. The van der Waals surface area contributed by atoms with Crippen molar-refractivity contribution in [2.24, 2.45) is 0 Å². The minimum Gasteiger partial charge on any atom is -0.491 e. The Morgan fingerprint density at radius 2 is 1.86 bits per heavy atom. The molecule has 3 rings (SSSR count). The molecule has 0 amide bonds. The van der Waals surface area contributed by atoms with Crippen LogP contribution < -0.4 is 4.74 Å². The number of Topliss-reactive ketones (excluding diaryl/α,β-unsaturated/α-hetero) is 1. The van der Waals surface area contributed by atoms with E-state index in [0.29, 0.717) is 30.8 Å². The van der Waals surface area contributed by atoms with Crippen molar-refractivity contribution in [2.45, 2.75) is 32.0 Å². The Morgan fingerprint density at radius 3 is 2.45 bits per heavy atom. The van der Waals surface area contributed by atoms with E-state index in [1.165, 1.54) is 6.92 Å². The molecule has 0 spiro atoms. The van der Waals surface area contributed by atoms with Crippen molar-refractivity contribution in [2.75, 3.05) is 24.7 Å². The molecule has 0 radical (unpaired) electrons. The van der Waals surface area contributed by atoms with E-state index < -0.39 is 15.9 Å². The first kappa shape index (κ1) is 21.5. The van der Waals surface area contributed by atoms with Crippen molar-refractivity contribution >= 4 is 15.6 Å². The maximum Gasteiger partial charge on any atom is 0.159 e. The van der Waals surface area contributed by atoms with Crippen LogP contribution in [0.5, 0.6) is 5.75 Å². The van der Waals surface area contributed by atoms with Gasteiger partial charge in [0.2, 0.25) is 0 Å². The van der Waals surface area contributed by atoms with Crippen LogP contribution in [0.3, 0.4) is 0 Å². The van der Waals surface area contributed by atoms with Gasteiger partial charge in [0.15, 0.2) is 15.6 Å². The van der Waals surface area contributed by atoms with Gasteiger partial charge in [0.05, 0.1) is 11.5 Å². The number of hydrogen-bond acceptors (Lipinski definition) is 6. The van der Waals surface area contributed by atoms with Crippen LogP contribution in [-0.4, -0.2) is 61.0 Å². The molecule has 0 aliphatic carbocycles. The molecule has 2 atom stereocenters. The average Bonchev–Trinajstić information content (AvgIpc) is 3.07. The van der Waals surface area contributed by atoms with Gasteiger partial charge in [-0.25, -0.2) is 8.42 Å². The fourth-order valence-electron chi connectivity index (χ4n) is 3.53. The third-order valence-electron chi connectivity index (χ3n) is 5.10. The summed E-state index contributed by atoms with van der Waals surface area (Å²) in [5.74, 6) is 0.879. The molecule has 1 fully saturated rings. The lowest BCUT2D eigenvalue weighted by Crippen LogP contribution is -2.42. The highest BCUT2D eigenvalue weighted by Gasteiger charge is 2.33. The van der Waals surface area contributed by atoms with E-state index in [9.17, 15) is 18.3 Å². The summed E-state index contributed by atoms with van der Waals surface area (Å²) in [6.45, 7) is 2.49. The molecule has 2 aromatic carbocycles. The zero-order valence-electron chi connectivity index (χ0n) is 16.5. The normalized spacial score (nSPS) is 19.2. The van der Waals surface area contributed by atoms with E-state index in [1.54, 1.807) is 24.3 Å². The maximum atomic E-state index is 11.9. The standard InChI is InChI=1S/C22H27NO5S/c1-17(24)19-7-9-22(10-8-19)28-15-21(25)14-23(13-18-5-3-2-4-6-18)20-11-12-29(26,27)16-20/h2-10,20-21,25H,11-16H2,1H3. The number of rotatable bonds is 9. The summed E-state index contributed by atoms with van der Waals surface area (Å²) < 4.78 is 29.5. The van der Waals surface area contributed by atoms with E-state index in [1.807, 2.05) is 35.2 Å². The Balaban J connectivity index is 1.61. The summed E-state index contributed by atoms with van der Waals surface area (Å²) in [5.41, 5.74) is 1.68. The molecule has 6 nitrogen and oxygen atoms in total. The zero-order valence-corrected chi connectivity index (χ0v) is 17.3. The second-order valence-electron chi connectivity index (χ2n) is 7.52. The van der Waals surface area contributed by atoms with Crippen molar-refractivity contribution in [1.82, 2.24) is 4.90 Å². The zero-order chi connectivity index (χ0) is 20.9. The summed E-state index contributed by atoms with van der Waals surface area (Å²) in [7, 11) is -3.02. The molecule has 0 bridgehead atoms. The summed E-state index contributed by atoms with van der Waals surface area (Å²) in [5, 5.41) is 10.5. The first-order chi connectivity index (χ1) is 13.8. The number of aliphatic hydroxyl groups excluding tert-OH is 1. The van der Waals surface area contributed by atoms with E-state index in [-0.39, 0.29) is 29.9 Å². The van der Waals surface area contributed by atoms with Gasteiger partial charge in [-0.15, -0.1) is 0 Å². The number of aliphatic hydroxyl groups is 1. The smallest absolute Gasteiger partial charge is 0.159 e. The van der Waals surface area contributed by atoms with Gasteiger partial charge in [-0.2, -0.15) is 0 Å². The minimum absolute atomic E-state index is 0.0142. The van der Waals surface area contributed by atoms with E-state index in [4.69, 9.17) is 4.74 Å². The van der Waals surface area contributed by atoms with Crippen molar-refractivity contribution in [3.8, 4) is 5.75 Å². The van der Waals surface area contributed by atoms with Gasteiger partial charge in [-0.1, -0.05) is 30.3 Å². The molecule has 1 saturated heterocycles. The lowest BCUT2D eigenvalue weighted by Gasteiger charge is -2.30. The summed E-state index contributed by atoms with van der Waals surface area (Å²) in [6, 6.07) is 16.5. The summed E-state index contributed by atoms with van der Waals surface area (Å²) in [6.07, 6.45) is -0.190. The summed E-state index contributed by atoms with van der Waals surface area (Å²) in [4.78, 5) is 13.4. The lowest BCUT2D eigenvalue weighted by atomic mass is 10.1. The Kier molecular flexibility index (Phi) is 7.05. The van der Waals surface area contributed by atoms with Crippen LogP contribution in [0.4, 0.5) is 0 Å². The van der Waals surface area contributed by atoms with Gasteiger partial charge in [-0.3, -0.25) is 9.69 Å². The SMILES string of the molecule is CC(=O)c1ccc(OCC(O)CN(Cc2ccccc2)C2CCS(=O)(=O)C2)cc1. The predicted octanol–water partition coefficient (Wildman–Crippen LogP) is 2.32. The van der Waals surface area contributed by atoms with E-state index >= 15 is 0 Å². The number of ether oxygens (including phenoxy) is 1. The molecule has 0 saturated carbocycles. The van der Waals surface area contributed by atoms with Crippen LogP contribution >= 0.6 is 0 Å². The van der Waals surface area contributed by atoms with Crippen molar-refractivity contribution in [3.05, 3.63) is 65.7 Å². The third kappa shape index (κ3) is 6.39. The van der Waals surface area contributed by atoms with Gasteiger partial charge >= 0.3 is 0 Å². The van der Waals surface area contributed by atoms with Gasteiger partial charge in [0, 0.05) is 24.7 Å². The highest BCUT2D eigenvalue weighted by molar-refractivity contribution is 7.91. The fourth-order valence-corrected chi connectivity index (χ4v) is 5.29. The summed E-state index contributed by atoms with van der Waals surface area (Å²) >= 11 is 0. The quantitative estimate of drug-likeness (QED) is 0.631. The van der Waals surface area contributed by atoms with Crippen molar-refractivity contribution < 1.29 is 23.1 Å². The van der Waals surface area contributed by atoms with Crippen LogP contribution in [0.1, 0.15) is 29.3 Å². The van der Waals surface area contributed by atoms with E-state index in [2.05, 4.69) is 0 Å². The number of sulfone groups is 1. The highest BCUT2D eigenvalue weighted by atomic mass is 32.2. The largest absolute Gasteiger partial charge is 0.491 e. The molecule has 1 N–H and O–H groups in total. The number of hydrogen-bond donors (Lipinski definition) is 1. The minimum atomic E-state index is -3.02. The topological polar surface area (TPSA) is 83.9 Å². The molecule has 1 aliphatic rings. The van der Waals surface area contributed by atoms with Gasteiger partial charge < -0.3 is 9.84 Å². The van der Waals surface area contributed by atoms with Crippen molar-refractivity contribution in [1.29, 1.82) is 0 Å². The number of nitrogens with zero attached hydrogens (tertiary/aromatic N) is 1. The average molecular weight is 418 g/mol. The monoisotopic (exact) mass is 417 g/mol. The maximum absolute atomic E-state index is 11.9. The number of benzene rings is 2. The lowest BCUT2D eigenvalue weighted by molar-refractivity contribution is 0.0524. The second kappa shape index (κ2) is 9.52. The van der Waals surface area contributed by atoms with Crippen LogP contribution in [0, 0.1) is 0 Å². The van der Waals surface area contributed by atoms with Crippen LogP contribution in [0.25, 0.3) is 0 Å². The Hall–Kier alpha value is -2.22. The molecular weight excluding hydrogens is 390 g/mol. The molecule has 2 aromatic rings. The number of ketones is 1. The van der Waals surface area contributed by atoms with Crippen LogP contribution in [-0.2, 0) is 16.4 Å². The second-order valence-corrected chi connectivity index (χ2v) is 9.75. The van der Waals surface area contributed by atoms with Crippen LogP contribution in [0.15, 0.2) is 54.6 Å². The molecule has 29 heavy (non-hydrogen) atoms. The molecule has 1 heterocycles. The first-order valence-corrected chi connectivity index (χ1v) is 11.5. The van der Waals surface area contributed by atoms with E-state index in [0.717, 1.165) is 5.56 Å².